The van der Waals surface area contributed by atoms with Crippen molar-refractivity contribution in [1.29, 1.82) is 0 Å². The molecule has 0 aromatic carbocycles. The van der Waals surface area contributed by atoms with Crippen molar-refractivity contribution in [2.75, 3.05) is 19.4 Å². The van der Waals surface area contributed by atoms with Crippen LogP contribution in [-0.4, -0.2) is 36.2 Å². The highest BCUT2D eigenvalue weighted by atomic mass is 32.2. The van der Waals surface area contributed by atoms with Crippen molar-refractivity contribution in [3.63, 3.8) is 0 Å². The largest absolute Gasteiger partial charge is 0.371 e. The van der Waals surface area contributed by atoms with Crippen molar-refractivity contribution in [3.05, 3.63) is 34.0 Å². The Morgan fingerprint density at radius 3 is 2.86 bits per heavy atom. The summed E-state index contributed by atoms with van der Waals surface area (Å²) in [4.78, 5) is 5.96. The highest BCUT2D eigenvalue weighted by molar-refractivity contribution is 7.89. The summed E-state index contributed by atoms with van der Waals surface area (Å²) in [6.45, 7) is 0.348. The molecule has 3 aromatic heterocycles. The van der Waals surface area contributed by atoms with Crippen LogP contribution in [0.5, 0.6) is 0 Å². The molecule has 21 heavy (non-hydrogen) atoms. The van der Waals surface area contributed by atoms with Crippen LogP contribution in [0.2, 0.25) is 0 Å². The van der Waals surface area contributed by atoms with E-state index in [-0.39, 0.29) is 5.03 Å². The normalized spacial score (nSPS) is 12.3. The van der Waals surface area contributed by atoms with Gasteiger partial charge in [-0.3, -0.25) is 4.40 Å². The van der Waals surface area contributed by atoms with Crippen LogP contribution >= 0.6 is 22.7 Å². The molecule has 3 heterocycles. The van der Waals surface area contributed by atoms with Crippen LogP contribution in [-0.2, 0) is 16.6 Å². The van der Waals surface area contributed by atoms with Crippen molar-refractivity contribution in [2.24, 2.45) is 0 Å². The maximum absolute atomic E-state index is 12.8. The van der Waals surface area contributed by atoms with E-state index in [1.165, 1.54) is 27.0 Å². The Bertz CT molecular complexity index is 848. The maximum atomic E-state index is 12.8. The Morgan fingerprint density at radius 2 is 2.19 bits per heavy atom. The molecule has 0 saturated heterocycles. The Labute approximate surface area is 130 Å². The maximum Gasteiger partial charge on any atom is 0.262 e. The second-order valence-corrected chi connectivity index (χ2v) is 8.28. The van der Waals surface area contributed by atoms with E-state index in [0.29, 0.717) is 17.3 Å². The zero-order valence-corrected chi connectivity index (χ0v) is 13.9. The van der Waals surface area contributed by atoms with E-state index in [9.17, 15) is 8.42 Å². The van der Waals surface area contributed by atoms with Crippen molar-refractivity contribution in [3.8, 4) is 0 Å². The topological polar surface area (TPSA) is 66.7 Å². The number of hydrogen-bond acceptors (Lipinski definition) is 6. The quantitative estimate of drug-likeness (QED) is 0.773. The predicted octanol–water partition coefficient (Wildman–Crippen LogP) is 2.32. The molecule has 3 rings (SSSR count). The number of thiazole rings is 1. The summed E-state index contributed by atoms with van der Waals surface area (Å²) in [6.07, 6.45) is 1.72. The van der Waals surface area contributed by atoms with Gasteiger partial charge in [0.15, 0.2) is 15.8 Å². The first kappa shape index (κ1) is 14.5. The van der Waals surface area contributed by atoms with E-state index >= 15 is 0 Å². The summed E-state index contributed by atoms with van der Waals surface area (Å²) in [5.41, 5.74) is 0. The first-order valence-electron chi connectivity index (χ1n) is 6.16. The molecule has 0 radical (unpaired) electrons. The van der Waals surface area contributed by atoms with Crippen molar-refractivity contribution in [2.45, 2.75) is 11.6 Å². The van der Waals surface area contributed by atoms with E-state index in [2.05, 4.69) is 10.3 Å². The Kier molecular flexibility index (Phi) is 3.74. The van der Waals surface area contributed by atoms with Gasteiger partial charge in [0.25, 0.3) is 10.0 Å². The van der Waals surface area contributed by atoms with Crippen LogP contribution in [0.15, 0.2) is 34.1 Å². The van der Waals surface area contributed by atoms with Gasteiger partial charge in [-0.1, -0.05) is 6.07 Å². The zero-order chi connectivity index (χ0) is 15.0. The number of nitrogens with one attached hydrogen (secondary N) is 1. The van der Waals surface area contributed by atoms with E-state index in [0.717, 1.165) is 4.88 Å². The number of nitrogens with zero attached hydrogens (tertiary/aromatic N) is 3. The lowest BCUT2D eigenvalue weighted by Gasteiger charge is -2.16. The van der Waals surface area contributed by atoms with E-state index in [1.807, 2.05) is 22.9 Å². The minimum atomic E-state index is -3.63. The average molecular weight is 342 g/mol. The summed E-state index contributed by atoms with van der Waals surface area (Å²) in [5, 5.41) is 6.80. The van der Waals surface area contributed by atoms with Gasteiger partial charge in [0.05, 0.1) is 0 Å². The molecule has 0 atom stereocenters. The van der Waals surface area contributed by atoms with Crippen LogP contribution in [0.3, 0.4) is 0 Å². The molecule has 6 nitrogen and oxygen atoms in total. The summed E-state index contributed by atoms with van der Waals surface area (Å²) >= 11 is 2.94. The molecule has 0 bridgehead atoms. The van der Waals surface area contributed by atoms with Crippen molar-refractivity contribution < 1.29 is 8.42 Å². The number of hydrogen-bond donors (Lipinski definition) is 1. The number of anilines is 1. The minimum Gasteiger partial charge on any atom is -0.371 e. The van der Waals surface area contributed by atoms with Gasteiger partial charge in [0.1, 0.15) is 0 Å². The number of imidazole rings is 1. The first-order valence-corrected chi connectivity index (χ1v) is 9.36. The van der Waals surface area contributed by atoms with Crippen LogP contribution in [0.1, 0.15) is 4.88 Å². The summed E-state index contributed by atoms with van der Waals surface area (Å²) < 4.78 is 28.6. The number of aromatic nitrogens is 2. The predicted molar refractivity (Wildman–Crippen MR) is 85.6 cm³/mol. The Morgan fingerprint density at radius 1 is 1.38 bits per heavy atom. The lowest BCUT2D eigenvalue weighted by atomic mass is 10.5. The highest BCUT2D eigenvalue weighted by Crippen LogP contribution is 2.28. The molecule has 112 valence electrons. The van der Waals surface area contributed by atoms with Crippen molar-refractivity contribution >= 4 is 43.5 Å². The third-order valence-electron chi connectivity index (χ3n) is 3.07. The smallest absolute Gasteiger partial charge is 0.262 e. The molecular formula is C12H14N4O2S3. The van der Waals surface area contributed by atoms with E-state index in [1.54, 1.807) is 24.7 Å². The second kappa shape index (κ2) is 5.41. The van der Waals surface area contributed by atoms with Gasteiger partial charge in [-0.25, -0.2) is 13.4 Å². The van der Waals surface area contributed by atoms with Gasteiger partial charge in [-0.2, -0.15) is 4.31 Å². The molecule has 0 unspecified atom stereocenters. The molecule has 0 aliphatic rings. The minimum absolute atomic E-state index is 0.181. The lowest BCUT2D eigenvalue weighted by Crippen LogP contribution is -2.27. The van der Waals surface area contributed by atoms with E-state index in [4.69, 9.17) is 0 Å². The average Bonchev–Trinajstić information content (AvgIpc) is 3.13. The Hall–Kier alpha value is -1.42. The van der Waals surface area contributed by atoms with Gasteiger partial charge >= 0.3 is 0 Å². The first-order chi connectivity index (χ1) is 10.0. The molecule has 0 aliphatic heterocycles. The second-order valence-electron chi connectivity index (χ2n) is 4.41. The summed E-state index contributed by atoms with van der Waals surface area (Å²) in [6, 6.07) is 3.83. The molecule has 0 fully saturated rings. The van der Waals surface area contributed by atoms with Gasteiger partial charge in [0.2, 0.25) is 0 Å². The number of thiophene rings is 1. The molecule has 0 saturated carbocycles. The lowest BCUT2D eigenvalue weighted by molar-refractivity contribution is 0.466. The number of rotatable bonds is 5. The van der Waals surface area contributed by atoms with Crippen LogP contribution in [0, 0.1) is 0 Å². The van der Waals surface area contributed by atoms with Crippen LogP contribution in [0.25, 0.3) is 4.96 Å². The summed E-state index contributed by atoms with van der Waals surface area (Å²) in [7, 11) is -0.371. The van der Waals surface area contributed by atoms with Gasteiger partial charge in [-0.05, 0) is 11.4 Å². The van der Waals surface area contributed by atoms with Gasteiger partial charge < -0.3 is 5.32 Å². The Balaban J connectivity index is 2.05. The number of sulfonamides is 1. The fourth-order valence-electron chi connectivity index (χ4n) is 2.03. The molecule has 9 heteroatoms. The van der Waals surface area contributed by atoms with Gasteiger partial charge in [0, 0.05) is 37.1 Å². The zero-order valence-electron chi connectivity index (χ0n) is 11.5. The van der Waals surface area contributed by atoms with E-state index < -0.39 is 10.0 Å². The van der Waals surface area contributed by atoms with Gasteiger partial charge in [-0.15, -0.1) is 22.7 Å². The molecule has 3 aromatic rings. The monoisotopic (exact) mass is 342 g/mol. The fourth-order valence-corrected chi connectivity index (χ4v) is 5.03. The molecular weight excluding hydrogens is 328 g/mol. The molecule has 0 amide bonds. The molecule has 1 N–H and O–H groups in total. The fraction of sp³-hybridized carbons (Fsp3) is 0.250. The standard InChI is InChI=1S/C12H14N4O2S3/c1-13-10-11(16-5-7-20-12(16)14-10)21(17,18)15(2)8-9-4-3-6-19-9/h3-7,13H,8H2,1-2H3. The highest BCUT2D eigenvalue weighted by Gasteiger charge is 2.29. The number of fused-ring (bicyclic) bond motifs is 1. The van der Waals surface area contributed by atoms with Crippen molar-refractivity contribution in [1.82, 2.24) is 13.7 Å². The molecule has 0 aliphatic carbocycles. The third-order valence-corrected chi connectivity index (χ3v) is 6.51. The molecule has 0 spiro atoms. The van der Waals surface area contributed by atoms with Crippen LogP contribution in [0.4, 0.5) is 5.82 Å². The SMILES string of the molecule is CNc1nc2sccn2c1S(=O)(=O)N(C)Cc1cccs1. The third kappa shape index (κ3) is 2.46. The summed E-state index contributed by atoms with van der Waals surface area (Å²) in [5.74, 6) is 0.375. The van der Waals surface area contributed by atoms with Crippen LogP contribution < -0.4 is 5.32 Å².